The highest BCUT2D eigenvalue weighted by molar-refractivity contribution is 7.92. The van der Waals surface area contributed by atoms with Crippen molar-refractivity contribution in [3.63, 3.8) is 0 Å². The molecule has 152 valence electrons. The van der Waals surface area contributed by atoms with Crippen molar-refractivity contribution < 1.29 is 22.3 Å². The van der Waals surface area contributed by atoms with Crippen molar-refractivity contribution >= 4 is 33.2 Å². The van der Waals surface area contributed by atoms with Crippen molar-refractivity contribution in [2.45, 2.75) is 25.9 Å². The third-order valence-electron chi connectivity index (χ3n) is 4.11. The highest BCUT2D eigenvalue weighted by atomic mass is 35.5. The number of anilines is 1. The van der Waals surface area contributed by atoms with Crippen molar-refractivity contribution in [3.8, 4) is 5.75 Å². The van der Waals surface area contributed by atoms with Crippen LogP contribution in [-0.2, 0) is 21.4 Å². The van der Waals surface area contributed by atoms with Gasteiger partial charge < -0.3 is 10.1 Å². The summed E-state index contributed by atoms with van der Waals surface area (Å²) in [5.74, 6) is -0.446. The summed E-state index contributed by atoms with van der Waals surface area (Å²) in [7, 11) is -2.26. The van der Waals surface area contributed by atoms with Gasteiger partial charge in [-0.15, -0.1) is 0 Å². The summed E-state index contributed by atoms with van der Waals surface area (Å²) < 4.78 is 44.3. The van der Waals surface area contributed by atoms with Gasteiger partial charge in [-0.05, 0) is 42.3 Å². The highest BCUT2D eigenvalue weighted by Crippen LogP contribution is 2.27. The van der Waals surface area contributed by atoms with Crippen LogP contribution in [0.5, 0.6) is 5.75 Å². The lowest BCUT2D eigenvalue weighted by atomic mass is 10.1. The Kier molecular flexibility index (Phi) is 7.26. The van der Waals surface area contributed by atoms with Gasteiger partial charge in [-0.3, -0.25) is 9.10 Å². The summed E-state index contributed by atoms with van der Waals surface area (Å²) in [5, 5.41) is 2.52. The number of methoxy groups -OCH3 is 1. The van der Waals surface area contributed by atoms with Gasteiger partial charge in [-0.1, -0.05) is 30.7 Å². The fraction of sp³-hybridized carbons (Fsp3) is 0.316. The largest absolute Gasteiger partial charge is 0.497 e. The lowest BCUT2D eigenvalue weighted by Gasteiger charge is -2.30. The second-order valence-corrected chi connectivity index (χ2v) is 8.41. The van der Waals surface area contributed by atoms with Crippen molar-refractivity contribution in [3.05, 3.63) is 58.9 Å². The van der Waals surface area contributed by atoms with Crippen LogP contribution in [0.15, 0.2) is 42.5 Å². The van der Waals surface area contributed by atoms with E-state index in [1.54, 1.807) is 38.3 Å². The first kappa shape index (κ1) is 22.0. The molecule has 9 heteroatoms. The van der Waals surface area contributed by atoms with Gasteiger partial charge in [0.2, 0.25) is 15.9 Å². The fourth-order valence-electron chi connectivity index (χ4n) is 2.73. The molecule has 28 heavy (non-hydrogen) atoms. The fourth-order valence-corrected chi connectivity index (χ4v) is 4.11. The molecule has 0 aliphatic rings. The highest BCUT2D eigenvalue weighted by Gasteiger charge is 2.31. The van der Waals surface area contributed by atoms with Crippen LogP contribution in [0.3, 0.4) is 0 Å². The molecule has 1 amide bonds. The van der Waals surface area contributed by atoms with Gasteiger partial charge in [-0.2, -0.15) is 0 Å². The molecule has 0 radical (unpaired) electrons. The number of carbonyl (C=O) groups is 1. The van der Waals surface area contributed by atoms with Crippen LogP contribution in [0.4, 0.5) is 10.1 Å². The Morgan fingerprint density at radius 3 is 2.39 bits per heavy atom. The van der Waals surface area contributed by atoms with E-state index in [2.05, 4.69) is 5.32 Å². The van der Waals surface area contributed by atoms with Crippen LogP contribution in [0.2, 0.25) is 5.02 Å². The zero-order valence-corrected chi connectivity index (χ0v) is 17.3. The van der Waals surface area contributed by atoms with Gasteiger partial charge in [0.05, 0.1) is 24.1 Å². The predicted molar refractivity (Wildman–Crippen MR) is 108 cm³/mol. The molecule has 0 saturated heterocycles. The molecular weight excluding hydrogens is 407 g/mol. The molecule has 0 bridgehead atoms. The molecule has 0 spiro atoms. The van der Waals surface area contributed by atoms with Gasteiger partial charge >= 0.3 is 0 Å². The van der Waals surface area contributed by atoms with Crippen LogP contribution in [-0.4, -0.2) is 33.7 Å². The molecule has 0 aromatic heterocycles. The number of amides is 1. The summed E-state index contributed by atoms with van der Waals surface area (Å²) >= 11 is 5.79. The molecule has 2 rings (SSSR count). The van der Waals surface area contributed by atoms with Gasteiger partial charge in [-0.25, -0.2) is 12.8 Å². The van der Waals surface area contributed by atoms with E-state index in [0.29, 0.717) is 5.75 Å². The Balaban J connectivity index is 2.24. The summed E-state index contributed by atoms with van der Waals surface area (Å²) in [6.07, 6.45) is 1.21. The Hall–Kier alpha value is -2.32. The van der Waals surface area contributed by atoms with E-state index in [4.69, 9.17) is 16.3 Å². The number of halogens is 2. The number of rotatable bonds is 8. The number of hydrogen-bond acceptors (Lipinski definition) is 4. The average Bonchev–Trinajstić information content (AvgIpc) is 2.66. The maximum atomic E-state index is 13.5. The third kappa shape index (κ3) is 5.36. The lowest BCUT2D eigenvalue weighted by Crippen LogP contribution is -2.49. The summed E-state index contributed by atoms with van der Waals surface area (Å²) in [4.78, 5) is 12.7. The first-order valence-electron chi connectivity index (χ1n) is 8.52. The van der Waals surface area contributed by atoms with Crippen LogP contribution < -0.4 is 14.4 Å². The van der Waals surface area contributed by atoms with Crippen LogP contribution in [0, 0.1) is 5.82 Å². The molecule has 0 fully saturated rings. The predicted octanol–water partition coefficient (Wildman–Crippen LogP) is 3.35. The summed E-state index contributed by atoms with van der Waals surface area (Å²) in [5.41, 5.74) is 0.958. The number of hydrogen-bond donors (Lipinski definition) is 1. The van der Waals surface area contributed by atoms with E-state index in [-0.39, 0.29) is 23.7 Å². The Morgan fingerprint density at radius 2 is 1.89 bits per heavy atom. The molecular formula is C19H22ClFN2O4S. The first-order valence-corrected chi connectivity index (χ1v) is 10.7. The van der Waals surface area contributed by atoms with Crippen LogP contribution in [0.25, 0.3) is 0 Å². The maximum Gasteiger partial charge on any atom is 0.244 e. The molecule has 2 aromatic carbocycles. The minimum Gasteiger partial charge on any atom is -0.497 e. The molecule has 0 aliphatic heterocycles. The molecule has 0 unspecified atom stereocenters. The number of ether oxygens (including phenoxy) is 1. The van der Waals surface area contributed by atoms with E-state index in [9.17, 15) is 17.6 Å². The quantitative estimate of drug-likeness (QED) is 0.699. The van der Waals surface area contributed by atoms with Crippen molar-refractivity contribution in [2.75, 3.05) is 17.7 Å². The van der Waals surface area contributed by atoms with E-state index < -0.39 is 27.8 Å². The summed E-state index contributed by atoms with van der Waals surface area (Å²) in [6, 6.07) is 9.67. The molecule has 2 aromatic rings. The topological polar surface area (TPSA) is 75.7 Å². The van der Waals surface area contributed by atoms with E-state index in [0.717, 1.165) is 22.2 Å². The van der Waals surface area contributed by atoms with Crippen molar-refractivity contribution in [1.82, 2.24) is 5.32 Å². The third-order valence-corrected chi connectivity index (χ3v) is 5.58. The van der Waals surface area contributed by atoms with E-state index in [1.165, 1.54) is 12.1 Å². The normalized spacial score (nSPS) is 12.3. The van der Waals surface area contributed by atoms with E-state index in [1.807, 2.05) is 0 Å². The SMILES string of the molecule is CC[C@@H](C(=O)NCc1ccc(OC)cc1)N(c1ccc(F)c(Cl)c1)S(C)(=O)=O. The molecule has 0 aliphatic carbocycles. The number of nitrogens with one attached hydrogen (secondary N) is 1. The lowest BCUT2D eigenvalue weighted by molar-refractivity contribution is -0.122. The minimum absolute atomic E-state index is 0.125. The van der Waals surface area contributed by atoms with Crippen molar-refractivity contribution in [2.24, 2.45) is 0 Å². The zero-order valence-electron chi connectivity index (χ0n) is 15.8. The second-order valence-electron chi connectivity index (χ2n) is 6.15. The number of carbonyl (C=O) groups excluding carboxylic acids is 1. The molecule has 6 nitrogen and oxygen atoms in total. The van der Waals surface area contributed by atoms with Gasteiger partial charge in [0.15, 0.2) is 0 Å². The monoisotopic (exact) mass is 428 g/mol. The number of nitrogens with zero attached hydrogens (tertiary/aromatic N) is 1. The first-order chi connectivity index (χ1) is 13.2. The Labute approximate surface area is 169 Å². The standard InChI is InChI=1S/C19H22ClFN2O4S/c1-4-18(19(24)22-12-13-5-8-15(27-2)9-6-13)23(28(3,25)26)14-7-10-17(21)16(20)11-14/h5-11,18H,4,12H2,1-3H3,(H,22,24)/t18-/m0/s1. The molecule has 1 N–H and O–H groups in total. The Bertz CT molecular complexity index is 935. The second kappa shape index (κ2) is 9.25. The van der Waals surface area contributed by atoms with Crippen molar-refractivity contribution in [1.29, 1.82) is 0 Å². The summed E-state index contributed by atoms with van der Waals surface area (Å²) in [6.45, 7) is 1.92. The average molecular weight is 429 g/mol. The number of benzene rings is 2. The molecule has 1 atom stereocenters. The van der Waals surface area contributed by atoms with Gasteiger partial charge in [0.1, 0.15) is 17.6 Å². The van der Waals surface area contributed by atoms with E-state index >= 15 is 0 Å². The maximum absolute atomic E-state index is 13.5. The minimum atomic E-state index is -3.82. The Morgan fingerprint density at radius 1 is 1.25 bits per heavy atom. The van der Waals surface area contributed by atoms with Crippen LogP contribution in [0.1, 0.15) is 18.9 Å². The zero-order chi connectivity index (χ0) is 20.9. The molecule has 0 heterocycles. The smallest absolute Gasteiger partial charge is 0.244 e. The van der Waals surface area contributed by atoms with Gasteiger partial charge in [0.25, 0.3) is 0 Å². The van der Waals surface area contributed by atoms with Crippen LogP contribution >= 0.6 is 11.6 Å². The molecule has 0 saturated carbocycles. The number of sulfonamides is 1. The van der Waals surface area contributed by atoms with Gasteiger partial charge in [0, 0.05) is 6.54 Å².